The summed E-state index contributed by atoms with van der Waals surface area (Å²) in [4.78, 5) is 5.50. The zero-order valence-electron chi connectivity index (χ0n) is 35.2. The Bertz CT molecular complexity index is 4000. The van der Waals surface area contributed by atoms with E-state index in [1.54, 1.807) is 0 Å². The third-order valence-corrected chi connectivity index (χ3v) is 13.6. The Labute approximate surface area is 374 Å². The van der Waals surface area contributed by atoms with Crippen molar-refractivity contribution in [1.82, 2.24) is 18.7 Å². The van der Waals surface area contributed by atoms with Gasteiger partial charge in [-0.25, -0.2) is 4.98 Å². The van der Waals surface area contributed by atoms with Crippen LogP contribution in [-0.2, 0) is 0 Å². The van der Waals surface area contributed by atoms with Crippen molar-refractivity contribution in [3.63, 3.8) is 0 Å². The average molecular weight is 827 g/mol. The number of para-hydroxylation sites is 7. The van der Waals surface area contributed by atoms with Crippen LogP contribution in [0.25, 0.3) is 127 Å². The molecule has 0 saturated heterocycles. The molecule has 10 aromatic carbocycles. The Kier molecular flexibility index (Phi) is 7.65. The summed E-state index contributed by atoms with van der Waals surface area (Å²) in [5.41, 5.74) is 15.7. The van der Waals surface area contributed by atoms with E-state index in [0.717, 1.165) is 55.7 Å². The Morgan fingerprint density at radius 2 is 0.708 bits per heavy atom. The molecule has 0 aliphatic rings. The first kappa shape index (κ1) is 35.8. The van der Waals surface area contributed by atoms with Crippen LogP contribution in [0.15, 0.2) is 231 Å². The van der Waals surface area contributed by atoms with E-state index in [0.29, 0.717) is 0 Å². The molecule has 0 spiro atoms. The van der Waals surface area contributed by atoms with Crippen LogP contribution in [0.1, 0.15) is 0 Å². The number of pyridine rings is 1. The van der Waals surface area contributed by atoms with Crippen molar-refractivity contribution in [2.45, 2.75) is 0 Å². The molecular weight excluding hydrogens is 789 g/mol. The highest BCUT2D eigenvalue weighted by molar-refractivity contribution is 6.29. The molecule has 0 aliphatic heterocycles. The van der Waals surface area contributed by atoms with E-state index >= 15 is 0 Å². The van der Waals surface area contributed by atoms with Gasteiger partial charge in [0, 0.05) is 71.1 Å². The van der Waals surface area contributed by atoms with Gasteiger partial charge in [-0.05, 0) is 90.0 Å². The van der Waals surface area contributed by atoms with Gasteiger partial charge in [0.15, 0.2) is 0 Å². The second-order valence-electron chi connectivity index (χ2n) is 17.1. The molecule has 0 fully saturated rings. The Morgan fingerprint density at radius 1 is 0.246 bits per heavy atom. The second-order valence-corrected chi connectivity index (χ2v) is 17.1. The standard InChI is InChI=1S/C61H38N4/c1-2-19-42(20-3-1)63-57-32-15-9-26-50(57)60-58(63)34-33-51-59(60)49-25-4-10-27-52(49)62-61(51)40-18-16-17-39(35-40)41-36-43(64-53-28-11-5-21-45(53)46-22-6-12-29-54(46)64)38-44(37-41)65-55-30-13-7-23-47(55)48-24-8-14-31-56(48)65/h1-38H. The summed E-state index contributed by atoms with van der Waals surface area (Å²) in [6.45, 7) is 0. The summed E-state index contributed by atoms with van der Waals surface area (Å²) in [6.07, 6.45) is 0. The summed E-state index contributed by atoms with van der Waals surface area (Å²) in [5.74, 6) is 0. The third kappa shape index (κ3) is 5.28. The number of benzene rings is 10. The van der Waals surface area contributed by atoms with Crippen molar-refractivity contribution in [2.24, 2.45) is 0 Å². The number of fused-ring (bicyclic) bond motifs is 13. The number of aromatic nitrogens is 4. The highest BCUT2D eigenvalue weighted by Gasteiger charge is 2.21. The number of hydrogen-bond donors (Lipinski definition) is 0. The van der Waals surface area contributed by atoms with Gasteiger partial charge in [0.2, 0.25) is 0 Å². The number of nitrogens with zero attached hydrogens (tertiary/aromatic N) is 4. The van der Waals surface area contributed by atoms with Gasteiger partial charge in [0.25, 0.3) is 0 Å². The van der Waals surface area contributed by atoms with Crippen LogP contribution in [0.5, 0.6) is 0 Å². The predicted octanol–water partition coefficient (Wildman–Crippen LogP) is 16.0. The zero-order valence-corrected chi connectivity index (χ0v) is 35.2. The second kappa shape index (κ2) is 13.9. The van der Waals surface area contributed by atoms with Gasteiger partial charge in [-0.2, -0.15) is 0 Å². The van der Waals surface area contributed by atoms with Crippen molar-refractivity contribution in [3.05, 3.63) is 231 Å². The third-order valence-electron chi connectivity index (χ3n) is 13.6. The average Bonchev–Trinajstić information content (AvgIpc) is 4.02. The maximum Gasteiger partial charge on any atom is 0.0788 e. The molecule has 0 unspecified atom stereocenters. The molecule has 4 heteroatoms. The first-order chi connectivity index (χ1) is 32.3. The van der Waals surface area contributed by atoms with E-state index in [9.17, 15) is 0 Å². The lowest BCUT2D eigenvalue weighted by Gasteiger charge is -2.17. The lowest BCUT2D eigenvalue weighted by molar-refractivity contribution is 1.13. The topological polar surface area (TPSA) is 27.7 Å². The van der Waals surface area contributed by atoms with Gasteiger partial charge < -0.3 is 13.7 Å². The van der Waals surface area contributed by atoms with Gasteiger partial charge >= 0.3 is 0 Å². The summed E-state index contributed by atoms with van der Waals surface area (Å²) in [7, 11) is 0. The molecule has 0 aliphatic carbocycles. The molecule has 4 nitrogen and oxygen atoms in total. The molecule has 4 aromatic heterocycles. The van der Waals surface area contributed by atoms with Gasteiger partial charge in [0.05, 0.1) is 44.3 Å². The molecule has 0 saturated carbocycles. The van der Waals surface area contributed by atoms with Gasteiger partial charge in [-0.1, -0.05) is 152 Å². The van der Waals surface area contributed by atoms with Crippen molar-refractivity contribution >= 4 is 87.1 Å². The molecule has 0 bridgehead atoms. The largest absolute Gasteiger partial charge is 0.309 e. The molecule has 4 heterocycles. The molecule has 0 N–H and O–H groups in total. The highest BCUT2D eigenvalue weighted by atomic mass is 15.0. The molecule has 14 aromatic rings. The fourth-order valence-corrected chi connectivity index (χ4v) is 10.8. The van der Waals surface area contributed by atoms with E-state index in [4.69, 9.17) is 4.98 Å². The van der Waals surface area contributed by atoms with Crippen LogP contribution >= 0.6 is 0 Å². The molecule has 65 heavy (non-hydrogen) atoms. The van der Waals surface area contributed by atoms with Gasteiger partial charge in [0.1, 0.15) is 0 Å². The SMILES string of the molecule is c1ccc(-n2c3ccccc3c3c4c(ccc32)c(-c2cccc(-c3cc(-n5c6ccccc6c6ccccc65)cc(-n5c6ccccc6c6ccccc65)c3)c2)nc2ccccc24)cc1. The normalized spacial score (nSPS) is 12.0. The van der Waals surface area contributed by atoms with Crippen LogP contribution in [-0.4, -0.2) is 18.7 Å². The summed E-state index contributed by atoms with van der Waals surface area (Å²) < 4.78 is 7.27. The first-order valence-corrected chi connectivity index (χ1v) is 22.3. The van der Waals surface area contributed by atoms with Crippen LogP contribution in [0.3, 0.4) is 0 Å². The maximum absolute atomic E-state index is 5.50. The lowest BCUT2D eigenvalue weighted by Crippen LogP contribution is -2.00. The van der Waals surface area contributed by atoms with Crippen molar-refractivity contribution < 1.29 is 0 Å². The molecular formula is C61H38N4. The highest BCUT2D eigenvalue weighted by Crippen LogP contribution is 2.44. The monoisotopic (exact) mass is 826 g/mol. The minimum atomic E-state index is 0.972. The smallest absolute Gasteiger partial charge is 0.0788 e. The number of hydrogen-bond acceptors (Lipinski definition) is 1. The minimum Gasteiger partial charge on any atom is -0.309 e. The Balaban J connectivity index is 1.04. The molecule has 302 valence electrons. The van der Waals surface area contributed by atoms with E-state index in [-0.39, 0.29) is 0 Å². The van der Waals surface area contributed by atoms with Crippen LogP contribution in [0, 0.1) is 0 Å². The molecule has 0 amide bonds. The summed E-state index contributed by atoms with van der Waals surface area (Å²) >= 11 is 0. The van der Waals surface area contributed by atoms with Crippen molar-refractivity contribution in [2.75, 3.05) is 0 Å². The van der Waals surface area contributed by atoms with Crippen LogP contribution in [0.2, 0.25) is 0 Å². The molecule has 0 atom stereocenters. The Morgan fingerprint density at radius 3 is 1.29 bits per heavy atom. The van der Waals surface area contributed by atoms with Gasteiger partial charge in [-0.3, -0.25) is 0 Å². The fraction of sp³-hybridized carbons (Fsp3) is 0. The molecule has 14 rings (SSSR count). The zero-order chi connectivity index (χ0) is 42.6. The molecule has 0 radical (unpaired) electrons. The van der Waals surface area contributed by atoms with E-state index in [1.165, 1.54) is 70.8 Å². The number of rotatable bonds is 5. The fourth-order valence-electron chi connectivity index (χ4n) is 10.8. The Hall–Kier alpha value is -8.73. The summed E-state index contributed by atoms with van der Waals surface area (Å²) in [5, 5.41) is 10.9. The minimum absolute atomic E-state index is 0.972. The maximum atomic E-state index is 5.50. The summed E-state index contributed by atoms with van der Waals surface area (Å²) in [6, 6.07) is 83.9. The van der Waals surface area contributed by atoms with Crippen molar-refractivity contribution in [1.29, 1.82) is 0 Å². The van der Waals surface area contributed by atoms with Crippen LogP contribution in [0.4, 0.5) is 0 Å². The lowest BCUT2D eigenvalue weighted by atomic mass is 9.94. The quantitative estimate of drug-likeness (QED) is 0.159. The van der Waals surface area contributed by atoms with E-state index < -0.39 is 0 Å². The van der Waals surface area contributed by atoms with Crippen molar-refractivity contribution in [3.8, 4) is 39.4 Å². The first-order valence-electron chi connectivity index (χ1n) is 22.3. The predicted molar refractivity (Wildman–Crippen MR) is 273 cm³/mol. The van der Waals surface area contributed by atoms with E-state index in [2.05, 4.69) is 244 Å². The van der Waals surface area contributed by atoms with Crippen LogP contribution < -0.4 is 0 Å². The van der Waals surface area contributed by atoms with E-state index in [1.807, 2.05) is 0 Å². The van der Waals surface area contributed by atoms with Gasteiger partial charge in [-0.15, -0.1) is 0 Å².